The van der Waals surface area contributed by atoms with Crippen molar-refractivity contribution >= 4 is 23.1 Å². The number of nitrogens with zero attached hydrogens (tertiary/aromatic N) is 2. The van der Waals surface area contributed by atoms with Crippen LogP contribution in [0.15, 0.2) is 23.6 Å². The zero-order chi connectivity index (χ0) is 11.5. The van der Waals surface area contributed by atoms with Crippen LogP contribution in [-0.2, 0) is 0 Å². The van der Waals surface area contributed by atoms with E-state index >= 15 is 0 Å². The maximum Gasteiger partial charge on any atom is 0.0983 e. The molecule has 1 heterocycles. The minimum atomic E-state index is -0.170. The summed E-state index contributed by atoms with van der Waals surface area (Å²) in [4.78, 5) is 0. The van der Waals surface area contributed by atoms with E-state index in [1.807, 2.05) is 30.5 Å². The number of rotatable bonds is 3. The number of halogens is 1. The number of aromatic nitrogens is 2. The van der Waals surface area contributed by atoms with Crippen LogP contribution >= 0.6 is 23.1 Å². The van der Waals surface area contributed by atoms with Crippen molar-refractivity contribution in [2.75, 3.05) is 0 Å². The molecule has 1 aromatic carbocycles. The summed E-state index contributed by atoms with van der Waals surface area (Å²) < 4.78 is 3.82. The molecule has 3 N–H and O–H groups in total. The first-order valence-corrected chi connectivity index (χ1v) is 5.93. The highest BCUT2D eigenvalue weighted by atomic mass is 35.5. The SMILES string of the molecule is Cc1ccc(C(NN)c2csnn2)cc1Cl. The highest BCUT2D eigenvalue weighted by Crippen LogP contribution is 2.24. The lowest BCUT2D eigenvalue weighted by atomic mass is 10.0. The zero-order valence-corrected chi connectivity index (χ0v) is 10.2. The van der Waals surface area contributed by atoms with Crippen LogP contribution in [0.2, 0.25) is 5.02 Å². The highest BCUT2D eigenvalue weighted by molar-refractivity contribution is 7.03. The molecule has 4 nitrogen and oxygen atoms in total. The molecule has 0 spiro atoms. The number of hydrazine groups is 1. The monoisotopic (exact) mass is 254 g/mol. The Bertz CT molecular complexity index is 472. The van der Waals surface area contributed by atoms with E-state index in [4.69, 9.17) is 17.4 Å². The molecular formula is C10H11ClN4S. The zero-order valence-electron chi connectivity index (χ0n) is 8.64. The van der Waals surface area contributed by atoms with Gasteiger partial charge in [-0.3, -0.25) is 5.84 Å². The molecule has 0 radical (unpaired) electrons. The molecule has 0 aliphatic heterocycles. The molecular weight excluding hydrogens is 244 g/mol. The van der Waals surface area contributed by atoms with Gasteiger partial charge in [-0.15, -0.1) is 5.10 Å². The summed E-state index contributed by atoms with van der Waals surface area (Å²) in [7, 11) is 0. The third-order valence-electron chi connectivity index (χ3n) is 2.37. The molecule has 1 unspecified atom stereocenters. The predicted octanol–water partition coefficient (Wildman–Crippen LogP) is 2.05. The molecule has 84 valence electrons. The summed E-state index contributed by atoms with van der Waals surface area (Å²) in [6, 6.07) is 5.66. The molecule has 16 heavy (non-hydrogen) atoms. The van der Waals surface area contributed by atoms with E-state index in [-0.39, 0.29) is 6.04 Å². The van der Waals surface area contributed by atoms with Crippen molar-refractivity contribution < 1.29 is 0 Å². The summed E-state index contributed by atoms with van der Waals surface area (Å²) in [5.74, 6) is 5.53. The van der Waals surface area contributed by atoms with Gasteiger partial charge in [-0.25, -0.2) is 5.43 Å². The van der Waals surface area contributed by atoms with Crippen molar-refractivity contribution in [1.29, 1.82) is 0 Å². The van der Waals surface area contributed by atoms with Gasteiger partial charge in [0.2, 0.25) is 0 Å². The van der Waals surface area contributed by atoms with Crippen LogP contribution in [0, 0.1) is 6.92 Å². The van der Waals surface area contributed by atoms with Gasteiger partial charge in [0.25, 0.3) is 0 Å². The normalized spacial score (nSPS) is 12.7. The van der Waals surface area contributed by atoms with Crippen LogP contribution < -0.4 is 11.3 Å². The Hall–Kier alpha value is -1.01. The van der Waals surface area contributed by atoms with E-state index in [9.17, 15) is 0 Å². The molecule has 6 heteroatoms. The van der Waals surface area contributed by atoms with E-state index in [0.717, 1.165) is 21.8 Å². The largest absolute Gasteiger partial charge is 0.271 e. The maximum atomic E-state index is 6.07. The van der Waals surface area contributed by atoms with Gasteiger partial charge in [0.1, 0.15) is 0 Å². The van der Waals surface area contributed by atoms with E-state index in [0.29, 0.717) is 0 Å². The van der Waals surface area contributed by atoms with Gasteiger partial charge in [0, 0.05) is 10.4 Å². The van der Waals surface area contributed by atoms with E-state index < -0.39 is 0 Å². The van der Waals surface area contributed by atoms with Gasteiger partial charge in [-0.05, 0) is 35.6 Å². The number of benzene rings is 1. The Morgan fingerprint density at radius 1 is 1.50 bits per heavy atom. The van der Waals surface area contributed by atoms with Crippen LogP contribution in [0.4, 0.5) is 0 Å². The fourth-order valence-electron chi connectivity index (χ4n) is 1.44. The van der Waals surface area contributed by atoms with Crippen LogP contribution in [0.25, 0.3) is 0 Å². The molecule has 0 fully saturated rings. The van der Waals surface area contributed by atoms with Gasteiger partial charge in [0.15, 0.2) is 0 Å². The van der Waals surface area contributed by atoms with Crippen LogP contribution in [0.3, 0.4) is 0 Å². The highest BCUT2D eigenvalue weighted by Gasteiger charge is 2.15. The number of aryl methyl sites for hydroxylation is 1. The van der Waals surface area contributed by atoms with Gasteiger partial charge in [-0.1, -0.05) is 28.2 Å². The second-order valence-electron chi connectivity index (χ2n) is 3.44. The van der Waals surface area contributed by atoms with Crippen molar-refractivity contribution in [1.82, 2.24) is 15.0 Å². The first-order chi connectivity index (χ1) is 7.72. The molecule has 0 bridgehead atoms. The van der Waals surface area contributed by atoms with Crippen LogP contribution in [-0.4, -0.2) is 9.59 Å². The van der Waals surface area contributed by atoms with Crippen LogP contribution in [0.1, 0.15) is 22.9 Å². The van der Waals surface area contributed by atoms with Crippen molar-refractivity contribution in [3.63, 3.8) is 0 Å². The van der Waals surface area contributed by atoms with Gasteiger partial charge >= 0.3 is 0 Å². The van der Waals surface area contributed by atoms with Gasteiger partial charge in [-0.2, -0.15) is 0 Å². The third-order valence-corrected chi connectivity index (χ3v) is 3.30. The standard InChI is InChI=1S/C10H11ClN4S/c1-6-2-3-7(4-8(6)11)10(13-12)9-5-16-15-14-9/h2-5,10,13H,12H2,1H3. The second kappa shape index (κ2) is 4.88. The first kappa shape index (κ1) is 11.5. The number of hydrogen-bond donors (Lipinski definition) is 2. The minimum absolute atomic E-state index is 0.170. The van der Waals surface area contributed by atoms with Crippen molar-refractivity contribution in [2.24, 2.45) is 5.84 Å². The number of hydrogen-bond acceptors (Lipinski definition) is 5. The number of nitrogens with two attached hydrogens (primary N) is 1. The maximum absolute atomic E-state index is 6.07. The number of nitrogens with one attached hydrogen (secondary N) is 1. The molecule has 1 aromatic heterocycles. The molecule has 0 saturated heterocycles. The van der Waals surface area contributed by atoms with Crippen molar-refractivity contribution in [3.8, 4) is 0 Å². The Kier molecular flexibility index (Phi) is 3.50. The Labute approximate surface area is 103 Å². The van der Waals surface area contributed by atoms with Crippen molar-refractivity contribution in [3.05, 3.63) is 45.4 Å². The summed E-state index contributed by atoms with van der Waals surface area (Å²) in [6.45, 7) is 1.96. The Morgan fingerprint density at radius 3 is 2.88 bits per heavy atom. The van der Waals surface area contributed by atoms with E-state index in [1.165, 1.54) is 11.5 Å². The fraction of sp³-hybridized carbons (Fsp3) is 0.200. The van der Waals surface area contributed by atoms with Crippen molar-refractivity contribution in [2.45, 2.75) is 13.0 Å². The third kappa shape index (κ3) is 2.22. The second-order valence-corrected chi connectivity index (χ2v) is 4.46. The smallest absolute Gasteiger partial charge is 0.0983 e. The summed E-state index contributed by atoms with van der Waals surface area (Å²) in [5, 5.41) is 6.58. The van der Waals surface area contributed by atoms with Crippen LogP contribution in [0.5, 0.6) is 0 Å². The topological polar surface area (TPSA) is 63.8 Å². The fourth-order valence-corrected chi connectivity index (χ4v) is 2.11. The minimum Gasteiger partial charge on any atom is -0.271 e. The van der Waals surface area contributed by atoms with Gasteiger partial charge in [0.05, 0.1) is 11.7 Å². The van der Waals surface area contributed by atoms with E-state index in [2.05, 4.69) is 15.0 Å². The molecule has 0 saturated carbocycles. The first-order valence-electron chi connectivity index (χ1n) is 4.71. The van der Waals surface area contributed by atoms with E-state index in [1.54, 1.807) is 0 Å². The average Bonchev–Trinajstić information content (AvgIpc) is 2.78. The van der Waals surface area contributed by atoms with Gasteiger partial charge < -0.3 is 0 Å². The molecule has 0 aliphatic carbocycles. The molecule has 0 aliphatic rings. The Balaban J connectivity index is 2.37. The average molecular weight is 255 g/mol. The lowest BCUT2D eigenvalue weighted by molar-refractivity contribution is 0.618. The molecule has 2 aromatic rings. The summed E-state index contributed by atoms with van der Waals surface area (Å²) >= 11 is 7.37. The molecule has 0 amide bonds. The Morgan fingerprint density at radius 2 is 2.31 bits per heavy atom. The molecule has 2 rings (SSSR count). The summed E-state index contributed by atoms with van der Waals surface area (Å²) in [6.07, 6.45) is 0. The summed E-state index contributed by atoms with van der Waals surface area (Å²) in [5.41, 5.74) is 5.53. The predicted molar refractivity (Wildman–Crippen MR) is 65.3 cm³/mol. The molecule has 1 atom stereocenters. The lowest BCUT2D eigenvalue weighted by Crippen LogP contribution is -2.29. The quantitative estimate of drug-likeness (QED) is 0.650. The lowest BCUT2D eigenvalue weighted by Gasteiger charge is -2.14.